The first-order chi connectivity index (χ1) is 8.17. The van der Waals surface area contributed by atoms with E-state index in [0.29, 0.717) is 13.0 Å². The van der Waals surface area contributed by atoms with E-state index < -0.39 is 5.82 Å². The van der Waals surface area contributed by atoms with E-state index in [4.69, 9.17) is 4.74 Å². The highest BCUT2D eigenvalue weighted by Crippen LogP contribution is 2.31. The molecule has 1 heterocycles. The highest BCUT2D eigenvalue weighted by molar-refractivity contribution is 5.96. The van der Waals surface area contributed by atoms with E-state index >= 15 is 0 Å². The number of benzene rings is 1. The topological polar surface area (TPSA) is 29.5 Å². The van der Waals surface area contributed by atoms with E-state index in [-0.39, 0.29) is 23.3 Å². The van der Waals surface area contributed by atoms with Crippen molar-refractivity contribution in [3.8, 4) is 5.75 Å². The normalized spacial score (nSPS) is 19.5. The van der Waals surface area contributed by atoms with Crippen LogP contribution in [0.1, 0.15) is 6.42 Å². The lowest BCUT2D eigenvalue weighted by Gasteiger charge is -2.18. The van der Waals surface area contributed by atoms with Crippen LogP contribution < -0.4 is 9.64 Å². The molecular weight excluding hydrogens is 221 g/mol. The van der Waals surface area contributed by atoms with Gasteiger partial charge in [0, 0.05) is 18.9 Å². The Morgan fingerprint density at radius 2 is 2.35 bits per heavy atom. The van der Waals surface area contributed by atoms with Crippen molar-refractivity contribution in [2.24, 2.45) is 5.92 Å². The maximum Gasteiger partial charge on any atom is 0.227 e. The number of methoxy groups -OCH3 is 1. The first-order valence-corrected chi connectivity index (χ1v) is 5.42. The molecule has 90 valence electrons. The predicted octanol–water partition coefficient (Wildman–Crippen LogP) is 2.37. The molecule has 1 aliphatic rings. The minimum atomic E-state index is -0.493. The number of carbonyl (C=O) groups excluding carboxylic acids is 1. The molecule has 17 heavy (non-hydrogen) atoms. The molecular formula is C13H14FNO2. The fourth-order valence-electron chi connectivity index (χ4n) is 1.99. The highest BCUT2D eigenvalue weighted by Gasteiger charge is 2.30. The third-order valence-corrected chi connectivity index (χ3v) is 2.94. The van der Waals surface area contributed by atoms with Gasteiger partial charge in [0.15, 0.2) is 11.6 Å². The minimum absolute atomic E-state index is 0.0814. The van der Waals surface area contributed by atoms with E-state index in [9.17, 15) is 9.18 Å². The van der Waals surface area contributed by atoms with Gasteiger partial charge in [-0.2, -0.15) is 0 Å². The van der Waals surface area contributed by atoms with Gasteiger partial charge in [-0.15, -0.1) is 6.58 Å². The lowest BCUT2D eigenvalue weighted by Crippen LogP contribution is -2.25. The number of halogens is 1. The molecule has 1 fully saturated rings. The Morgan fingerprint density at radius 3 is 2.94 bits per heavy atom. The van der Waals surface area contributed by atoms with Gasteiger partial charge in [-0.25, -0.2) is 4.39 Å². The fraction of sp³-hybridized carbons (Fsp3) is 0.308. The first kappa shape index (κ1) is 11.6. The molecule has 1 unspecified atom stereocenters. The zero-order chi connectivity index (χ0) is 12.4. The van der Waals surface area contributed by atoms with Gasteiger partial charge in [-0.1, -0.05) is 12.1 Å². The average Bonchev–Trinajstić information content (AvgIpc) is 2.71. The lowest BCUT2D eigenvalue weighted by molar-refractivity contribution is -0.117. The van der Waals surface area contributed by atoms with E-state index in [2.05, 4.69) is 6.58 Å². The molecule has 0 radical (unpaired) electrons. The second kappa shape index (κ2) is 4.57. The standard InChI is InChI=1S/C13H14FNO2/c1-3-9-7-12(16)15(8-9)10-5-4-6-11(17-2)13(10)14/h3-6,9H,1,7-8H2,2H3. The van der Waals surface area contributed by atoms with Crippen LogP contribution in [0.4, 0.5) is 10.1 Å². The first-order valence-electron chi connectivity index (χ1n) is 5.42. The lowest BCUT2D eigenvalue weighted by atomic mass is 10.1. The molecule has 2 rings (SSSR count). The fourth-order valence-corrected chi connectivity index (χ4v) is 1.99. The summed E-state index contributed by atoms with van der Waals surface area (Å²) in [5, 5.41) is 0. The quantitative estimate of drug-likeness (QED) is 0.753. The maximum atomic E-state index is 14.0. The molecule has 1 aliphatic heterocycles. The van der Waals surface area contributed by atoms with Gasteiger partial charge in [0.05, 0.1) is 12.8 Å². The summed E-state index contributed by atoms with van der Waals surface area (Å²) in [5.41, 5.74) is 0.277. The summed E-state index contributed by atoms with van der Waals surface area (Å²) in [7, 11) is 1.40. The van der Waals surface area contributed by atoms with Crippen molar-refractivity contribution < 1.29 is 13.9 Å². The van der Waals surface area contributed by atoms with Crippen LogP contribution in [0.2, 0.25) is 0 Å². The number of anilines is 1. The van der Waals surface area contributed by atoms with Gasteiger partial charge in [-0.05, 0) is 12.1 Å². The van der Waals surface area contributed by atoms with Crippen molar-refractivity contribution in [2.75, 3.05) is 18.6 Å². The summed E-state index contributed by atoms with van der Waals surface area (Å²) in [6, 6.07) is 4.79. The third kappa shape index (κ3) is 2.02. The Morgan fingerprint density at radius 1 is 1.59 bits per heavy atom. The molecule has 0 N–H and O–H groups in total. The van der Waals surface area contributed by atoms with Crippen LogP contribution >= 0.6 is 0 Å². The van der Waals surface area contributed by atoms with Crippen LogP contribution in [0, 0.1) is 11.7 Å². The molecule has 0 aliphatic carbocycles. The number of carbonyl (C=O) groups is 1. The molecule has 1 amide bonds. The third-order valence-electron chi connectivity index (χ3n) is 2.94. The van der Waals surface area contributed by atoms with Gasteiger partial charge < -0.3 is 9.64 Å². The van der Waals surface area contributed by atoms with Gasteiger partial charge in [-0.3, -0.25) is 4.79 Å². The molecule has 1 aromatic carbocycles. The van der Waals surface area contributed by atoms with Crippen molar-refractivity contribution in [1.29, 1.82) is 0 Å². The molecule has 0 bridgehead atoms. The van der Waals surface area contributed by atoms with Crippen LogP contribution in [0.3, 0.4) is 0 Å². The minimum Gasteiger partial charge on any atom is -0.494 e. The van der Waals surface area contributed by atoms with Crippen LogP contribution in [0.15, 0.2) is 30.9 Å². The number of nitrogens with zero attached hydrogens (tertiary/aromatic N) is 1. The number of rotatable bonds is 3. The molecule has 1 aromatic rings. The Hall–Kier alpha value is -1.84. The zero-order valence-corrected chi connectivity index (χ0v) is 9.65. The van der Waals surface area contributed by atoms with Crippen LogP contribution in [-0.2, 0) is 4.79 Å². The Labute approximate surface area is 99.5 Å². The molecule has 4 heteroatoms. The second-order valence-corrected chi connectivity index (χ2v) is 4.00. The van der Waals surface area contributed by atoms with Gasteiger partial charge in [0.2, 0.25) is 5.91 Å². The number of hydrogen-bond donors (Lipinski definition) is 0. The molecule has 1 atom stereocenters. The van der Waals surface area contributed by atoms with E-state index in [1.807, 2.05) is 0 Å². The SMILES string of the molecule is C=CC1CC(=O)N(c2cccc(OC)c2F)C1. The predicted molar refractivity (Wildman–Crippen MR) is 63.6 cm³/mol. The second-order valence-electron chi connectivity index (χ2n) is 4.00. The van der Waals surface area contributed by atoms with Crippen molar-refractivity contribution in [3.05, 3.63) is 36.7 Å². The monoisotopic (exact) mass is 235 g/mol. The average molecular weight is 235 g/mol. The van der Waals surface area contributed by atoms with Gasteiger partial charge in [0.25, 0.3) is 0 Å². The van der Waals surface area contributed by atoms with Crippen molar-refractivity contribution in [1.82, 2.24) is 0 Å². The molecule has 1 saturated heterocycles. The summed E-state index contributed by atoms with van der Waals surface area (Å²) in [4.78, 5) is 13.2. The Kier molecular flexibility index (Phi) is 3.13. The van der Waals surface area contributed by atoms with Crippen LogP contribution in [-0.4, -0.2) is 19.6 Å². The summed E-state index contributed by atoms with van der Waals surface area (Å²) in [6.07, 6.45) is 2.12. The summed E-state index contributed by atoms with van der Waals surface area (Å²) in [6.45, 7) is 4.14. The maximum absolute atomic E-state index is 14.0. The van der Waals surface area contributed by atoms with E-state index in [0.717, 1.165) is 0 Å². The van der Waals surface area contributed by atoms with Gasteiger partial charge in [0.1, 0.15) is 0 Å². The number of ether oxygens (including phenoxy) is 1. The van der Waals surface area contributed by atoms with E-state index in [1.165, 1.54) is 18.1 Å². The van der Waals surface area contributed by atoms with Crippen molar-refractivity contribution in [3.63, 3.8) is 0 Å². The summed E-state index contributed by atoms with van der Waals surface area (Å²) < 4.78 is 18.9. The van der Waals surface area contributed by atoms with Crippen LogP contribution in [0.5, 0.6) is 5.75 Å². The largest absolute Gasteiger partial charge is 0.494 e. The van der Waals surface area contributed by atoms with E-state index in [1.54, 1.807) is 18.2 Å². The molecule has 3 nitrogen and oxygen atoms in total. The van der Waals surface area contributed by atoms with Crippen LogP contribution in [0.25, 0.3) is 0 Å². The number of amides is 1. The zero-order valence-electron chi connectivity index (χ0n) is 9.65. The smallest absolute Gasteiger partial charge is 0.227 e. The van der Waals surface area contributed by atoms with Crippen molar-refractivity contribution >= 4 is 11.6 Å². The molecule has 0 aromatic heterocycles. The molecule has 0 saturated carbocycles. The van der Waals surface area contributed by atoms with Crippen molar-refractivity contribution in [2.45, 2.75) is 6.42 Å². The van der Waals surface area contributed by atoms with Gasteiger partial charge >= 0.3 is 0 Å². The Bertz CT molecular complexity index is 459. The Balaban J connectivity index is 2.35. The number of hydrogen-bond acceptors (Lipinski definition) is 2. The molecule has 0 spiro atoms. The summed E-state index contributed by atoms with van der Waals surface area (Å²) >= 11 is 0. The summed E-state index contributed by atoms with van der Waals surface area (Å²) in [5.74, 6) is -0.333. The highest BCUT2D eigenvalue weighted by atomic mass is 19.1.